The number of halogens is 1. The van der Waals surface area contributed by atoms with E-state index in [1.54, 1.807) is 0 Å². The molecule has 1 nitrogen and oxygen atoms in total. The lowest BCUT2D eigenvalue weighted by atomic mass is 10.2. The minimum absolute atomic E-state index is 0.770. The Bertz CT molecular complexity index is 476. The fourth-order valence-electron chi connectivity index (χ4n) is 1.14. The first kappa shape index (κ1) is 9.48. The lowest BCUT2D eigenvalue weighted by Crippen LogP contribution is -1.73. The number of aldehydes is 1. The van der Waals surface area contributed by atoms with Gasteiger partial charge in [0.25, 0.3) is 0 Å². The zero-order valence-corrected chi connectivity index (χ0v) is 10.3. The van der Waals surface area contributed by atoms with Crippen molar-refractivity contribution in [1.82, 2.24) is 0 Å². The van der Waals surface area contributed by atoms with E-state index in [-0.39, 0.29) is 0 Å². The van der Waals surface area contributed by atoms with Crippen LogP contribution in [-0.2, 0) is 0 Å². The molecule has 0 N–H and O–H groups in total. The van der Waals surface area contributed by atoms with Crippen LogP contribution in [0.5, 0.6) is 0 Å². The van der Waals surface area contributed by atoms with Crippen molar-refractivity contribution in [3.8, 4) is 0 Å². The number of fused-ring (bicyclic) bond motifs is 1. The van der Waals surface area contributed by atoms with E-state index in [1.807, 2.05) is 18.2 Å². The van der Waals surface area contributed by atoms with Gasteiger partial charge >= 0.3 is 0 Å². The first-order chi connectivity index (χ1) is 6.22. The van der Waals surface area contributed by atoms with Crippen molar-refractivity contribution in [1.29, 1.82) is 0 Å². The monoisotopic (exact) mass is 320 g/mol. The number of benzene rings is 1. The summed E-state index contributed by atoms with van der Waals surface area (Å²) in [6.07, 6.45) is 0.888. The summed E-state index contributed by atoms with van der Waals surface area (Å²) in [4.78, 5) is 12.3. The normalized spacial score (nSPS) is 10.6. The minimum Gasteiger partial charge on any atom is -0.297 e. The average Bonchev–Trinajstić information content (AvgIpc) is 2.55. The van der Waals surface area contributed by atoms with E-state index in [0.717, 1.165) is 29.7 Å². The van der Waals surface area contributed by atoms with Crippen LogP contribution in [0.15, 0.2) is 23.1 Å². The molecule has 0 amide bonds. The molecule has 66 valence electrons. The highest BCUT2D eigenvalue weighted by atomic mass is 127. The summed E-state index contributed by atoms with van der Waals surface area (Å²) in [5.41, 5.74) is 0. The highest BCUT2D eigenvalue weighted by Crippen LogP contribution is 2.32. The molecule has 0 bridgehead atoms. The largest absolute Gasteiger partial charge is 0.297 e. The average molecular weight is 320 g/mol. The molecule has 0 aliphatic carbocycles. The molecule has 1 aromatic carbocycles. The van der Waals surface area contributed by atoms with Gasteiger partial charge in [0.15, 0.2) is 6.29 Å². The quantitative estimate of drug-likeness (QED) is 0.483. The highest BCUT2D eigenvalue weighted by molar-refractivity contribution is 14.1. The smallest absolute Gasteiger partial charge is 0.160 e. The van der Waals surface area contributed by atoms with Crippen molar-refractivity contribution in [3.63, 3.8) is 0 Å². The van der Waals surface area contributed by atoms with Gasteiger partial charge < -0.3 is 0 Å². The molecule has 13 heavy (non-hydrogen) atoms. The topological polar surface area (TPSA) is 17.1 Å². The number of thiol groups is 1. The molecule has 2 rings (SSSR count). The molecule has 0 fully saturated rings. The van der Waals surface area contributed by atoms with Gasteiger partial charge in [0, 0.05) is 13.2 Å². The fourth-order valence-corrected chi connectivity index (χ4v) is 3.13. The highest BCUT2D eigenvalue weighted by Gasteiger charge is 2.06. The maximum absolute atomic E-state index is 10.6. The summed E-state index contributed by atoms with van der Waals surface area (Å²) in [5, 5.41) is 1.12. The van der Waals surface area contributed by atoms with Gasteiger partial charge in [-0.15, -0.1) is 24.0 Å². The van der Waals surface area contributed by atoms with Gasteiger partial charge in [-0.3, -0.25) is 4.79 Å². The lowest BCUT2D eigenvalue weighted by Gasteiger charge is -1.96. The van der Waals surface area contributed by atoms with E-state index in [0.29, 0.717) is 0 Å². The molecule has 0 atom stereocenters. The Kier molecular flexibility index (Phi) is 2.62. The van der Waals surface area contributed by atoms with Crippen LogP contribution >= 0.6 is 46.6 Å². The van der Waals surface area contributed by atoms with Crippen LogP contribution in [0.2, 0.25) is 0 Å². The maximum Gasteiger partial charge on any atom is 0.160 e. The van der Waals surface area contributed by atoms with E-state index >= 15 is 0 Å². The van der Waals surface area contributed by atoms with Crippen molar-refractivity contribution in [3.05, 3.63) is 26.6 Å². The van der Waals surface area contributed by atoms with Crippen molar-refractivity contribution in [2.45, 2.75) is 4.90 Å². The Morgan fingerprint density at radius 3 is 2.92 bits per heavy atom. The molecule has 1 aromatic heterocycles. The Morgan fingerprint density at radius 2 is 2.23 bits per heavy atom. The SMILES string of the molecule is O=Cc1cc2ccc(S)c(I)c2s1. The van der Waals surface area contributed by atoms with Gasteiger partial charge in [-0.1, -0.05) is 6.07 Å². The lowest BCUT2D eigenvalue weighted by molar-refractivity contribution is 0.112. The molecule has 0 unspecified atom stereocenters. The molecule has 0 spiro atoms. The van der Waals surface area contributed by atoms with E-state index in [9.17, 15) is 4.79 Å². The van der Waals surface area contributed by atoms with Gasteiger partial charge in [-0.05, 0) is 40.1 Å². The van der Waals surface area contributed by atoms with Crippen LogP contribution in [0.3, 0.4) is 0 Å². The Morgan fingerprint density at radius 1 is 1.46 bits per heavy atom. The molecule has 0 radical (unpaired) electrons. The summed E-state index contributed by atoms with van der Waals surface area (Å²) in [6, 6.07) is 5.85. The van der Waals surface area contributed by atoms with Crippen LogP contribution in [0.4, 0.5) is 0 Å². The zero-order valence-electron chi connectivity index (χ0n) is 6.45. The molecule has 0 aliphatic rings. The number of rotatable bonds is 1. The number of hydrogen-bond acceptors (Lipinski definition) is 3. The van der Waals surface area contributed by atoms with Gasteiger partial charge in [-0.25, -0.2) is 0 Å². The minimum atomic E-state index is 0.770. The van der Waals surface area contributed by atoms with Crippen LogP contribution in [0, 0.1) is 3.57 Å². The van der Waals surface area contributed by atoms with Crippen molar-refractivity contribution in [2.75, 3.05) is 0 Å². The molecular weight excluding hydrogens is 315 g/mol. The van der Waals surface area contributed by atoms with Gasteiger partial charge in [-0.2, -0.15) is 0 Å². The molecule has 0 aliphatic heterocycles. The number of carbonyl (C=O) groups excluding carboxylic acids is 1. The van der Waals surface area contributed by atoms with Gasteiger partial charge in [0.1, 0.15) is 0 Å². The number of carbonyl (C=O) groups is 1. The van der Waals surface area contributed by atoms with Crippen LogP contribution < -0.4 is 0 Å². The third kappa shape index (κ3) is 1.62. The first-order valence-corrected chi connectivity index (χ1v) is 5.93. The van der Waals surface area contributed by atoms with Crippen molar-refractivity contribution < 1.29 is 4.79 Å². The van der Waals surface area contributed by atoms with Crippen molar-refractivity contribution in [2.24, 2.45) is 0 Å². The summed E-state index contributed by atoms with van der Waals surface area (Å²) < 4.78 is 2.27. The molecule has 1 heterocycles. The summed E-state index contributed by atoms with van der Waals surface area (Å²) in [5.74, 6) is 0. The van der Waals surface area contributed by atoms with Gasteiger partial charge in [0.05, 0.1) is 4.88 Å². The van der Waals surface area contributed by atoms with Crippen LogP contribution in [0.1, 0.15) is 9.67 Å². The summed E-state index contributed by atoms with van der Waals surface area (Å²) in [7, 11) is 0. The van der Waals surface area contributed by atoms with Crippen LogP contribution in [-0.4, -0.2) is 6.29 Å². The first-order valence-electron chi connectivity index (χ1n) is 3.58. The van der Waals surface area contributed by atoms with E-state index < -0.39 is 0 Å². The summed E-state index contributed by atoms with van der Waals surface area (Å²) >= 11 is 8.09. The second-order valence-electron chi connectivity index (χ2n) is 2.58. The zero-order chi connectivity index (χ0) is 9.42. The van der Waals surface area contributed by atoms with E-state index in [1.165, 1.54) is 11.3 Å². The summed E-state index contributed by atoms with van der Waals surface area (Å²) in [6.45, 7) is 0. The molecular formula is C9H5IOS2. The Labute approximate surface area is 98.7 Å². The molecule has 0 saturated heterocycles. The van der Waals surface area contributed by atoms with Crippen molar-refractivity contribution >= 4 is 62.9 Å². The van der Waals surface area contributed by atoms with E-state index in [4.69, 9.17) is 0 Å². The predicted octanol–water partition coefficient (Wildman–Crippen LogP) is 3.61. The number of hydrogen-bond donors (Lipinski definition) is 1. The fraction of sp³-hybridized carbons (Fsp3) is 0. The van der Waals surface area contributed by atoms with Crippen LogP contribution in [0.25, 0.3) is 10.1 Å². The second kappa shape index (κ2) is 3.59. The predicted molar refractivity (Wildman–Crippen MR) is 67.2 cm³/mol. The Balaban J connectivity index is 2.83. The molecule has 2 aromatic rings. The second-order valence-corrected chi connectivity index (χ2v) is 5.23. The Hall–Kier alpha value is -0.0700. The van der Waals surface area contributed by atoms with E-state index in [2.05, 4.69) is 35.2 Å². The third-order valence-corrected chi connectivity index (χ3v) is 5.12. The maximum atomic E-state index is 10.6. The molecule has 4 heteroatoms. The standard InChI is InChI=1S/C9H5IOS2/c10-8-7(12)2-1-5-3-6(4-11)13-9(5)8/h1-4,12H. The van der Waals surface area contributed by atoms with Gasteiger partial charge in [0.2, 0.25) is 0 Å². The third-order valence-electron chi connectivity index (χ3n) is 1.74. The number of thiophene rings is 1. The molecule has 0 saturated carbocycles.